The molecule has 0 amide bonds. The molecule has 0 saturated heterocycles. The van der Waals surface area contributed by atoms with Gasteiger partial charge in [0.05, 0.1) is 0 Å². The first kappa shape index (κ1) is 12.7. The molecule has 64 valence electrons. The molecular formula is C10H24. The molecule has 0 heteroatoms. The van der Waals surface area contributed by atoms with E-state index in [0.717, 1.165) is 11.8 Å². The topological polar surface area (TPSA) is 0 Å². The molecule has 0 aromatic carbocycles. The molecule has 0 bridgehead atoms. The fraction of sp³-hybridized carbons (Fsp3) is 1.00. The summed E-state index contributed by atoms with van der Waals surface area (Å²) in [6.07, 6.45) is 0. The van der Waals surface area contributed by atoms with Gasteiger partial charge in [0, 0.05) is 0 Å². The smallest absolute Gasteiger partial charge is 0.0308 e. The van der Waals surface area contributed by atoms with Crippen molar-refractivity contribution in [2.75, 3.05) is 0 Å². The third-order valence-electron chi connectivity index (χ3n) is 2.98. The maximum atomic E-state index is 2.34. The van der Waals surface area contributed by atoms with Gasteiger partial charge in [-0.2, -0.15) is 0 Å². The second kappa shape index (κ2) is 4.00. The summed E-state index contributed by atoms with van der Waals surface area (Å²) in [6.45, 7) is 13.8. The van der Waals surface area contributed by atoms with Crippen molar-refractivity contribution in [1.29, 1.82) is 0 Å². The summed E-state index contributed by atoms with van der Waals surface area (Å²) in [4.78, 5) is 0. The monoisotopic (exact) mass is 144 g/mol. The molecule has 10 heavy (non-hydrogen) atoms. The Hall–Kier alpha value is 0. The summed E-state index contributed by atoms with van der Waals surface area (Å²) < 4.78 is 0. The van der Waals surface area contributed by atoms with Crippen molar-refractivity contribution in [3.8, 4) is 0 Å². The van der Waals surface area contributed by atoms with Crippen LogP contribution >= 0.6 is 0 Å². The van der Waals surface area contributed by atoms with Crippen LogP contribution in [0.25, 0.3) is 0 Å². The average molecular weight is 144 g/mol. The quantitative estimate of drug-likeness (QED) is 0.550. The Bertz CT molecular complexity index is 68.0. The fourth-order valence-corrected chi connectivity index (χ4v) is 0.667. The van der Waals surface area contributed by atoms with E-state index in [0.29, 0.717) is 5.41 Å². The summed E-state index contributed by atoms with van der Waals surface area (Å²) in [6, 6.07) is 0. The molecule has 0 aliphatic rings. The van der Waals surface area contributed by atoms with Crippen LogP contribution in [0.1, 0.15) is 49.0 Å². The maximum absolute atomic E-state index is 2.34. The van der Waals surface area contributed by atoms with E-state index in [1.54, 1.807) is 0 Å². The molecule has 0 rings (SSSR count). The van der Waals surface area contributed by atoms with Crippen molar-refractivity contribution in [1.82, 2.24) is 0 Å². The summed E-state index contributed by atoms with van der Waals surface area (Å²) in [7, 11) is 0. The van der Waals surface area contributed by atoms with Crippen LogP contribution in [0.2, 0.25) is 0 Å². The van der Waals surface area contributed by atoms with Gasteiger partial charge in [0.2, 0.25) is 0 Å². The van der Waals surface area contributed by atoms with Gasteiger partial charge in [0.15, 0.2) is 0 Å². The lowest BCUT2D eigenvalue weighted by molar-refractivity contribution is 0.165. The van der Waals surface area contributed by atoms with Crippen LogP contribution < -0.4 is 0 Å². The predicted octanol–water partition coefficient (Wildman–Crippen LogP) is 3.96. The lowest BCUT2D eigenvalue weighted by Crippen LogP contribution is -2.25. The van der Waals surface area contributed by atoms with Crippen LogP contribution in [0.15, 0.2) is 0 Å². The first-order valence-corrected chi connectivity index (χ1v) is 3.89. The van der Waals surface area contributed by atoms with Crippen LogP contribution in [0.4, 0.5) is 0 Å². The number of hydrogen-bond acceptors (Lipinski definition) is 0. The van der Waals surface area contributed by atoms with Crippen molar-refractivity contribution in [2.45, 2.75) is 49.0 Å². The minimum atomic E-state index is 0. The van der Waals surface area contributed by atoms with Gasteiger partial charge in [-0.25, -0.2) is 0 Å². The maximum Gasteiger partial charge on any atom is -0.0308 e. The summed E-state index contributed by atoms with van der Waals surface area (Å²) in [5.41, 5.74) is 0.500. The first-order valence-electron chi connectivity index (χ1n) is 3.89. The zero-order valence-corrected chi connectivity index (χ0v) is 7.65. The molecule has 0 unspecified atom stereocenters. The number of rotatable bonds is 2. The minimum Gasteiger partial charge on any atom is -0.0776 e. The largest absolute Gasteiger partial charge is 0.0776 e. The number of hydrogen-bond donors (Lipinski definition) is 0. The normalized spacial score (nSPS) is 12.0. The van der Waals surface area contributed by atoms with Crippen LogP contribution in [0.5, 0.6) is 0 Å². The fourth-order valence-electron chi connectivity index (χ4n) is 0.667. The van der Waals surface area contributed by atoms with Gasteiger partial charge in [-0.05, 0) is 17.3 Å². The van der Waals surface area contributed by atoms with Crippen molar-refractivity contribution in [2.24, 2.45) is 17.3 Å². The lowest BCUT2D eigenvalue weighted by Gasteiger charge is -2.33. The molecule has 0 N–H and O–H groups in total. The van der Waals surface area contributed by atoms with Crippen LogP contribution in [-0.4, -0.2) is 0 Å². The Kier molecular flexibility index (Phi) is 5.06. The molecular weight excluding hydrogens is 120 g/mol. The Labute approximate surface area is 67.0 Å². The standard InChI is InChI=1S/C9H20.CH4/c1-7(2)9(5,6)8(3)4;/h7-8H,1-6H3;1H4. The Morgan fingerprint density at radius 1 is 0.800 bits per heavy atom. The molecule has 0 aromatic rings. The summed E-state index contributed by atoms with van der Waals surface area (Å²) in [5.74, 6) is 1.58. The molecule has 0 fully saturated rings. The zero-order valence-electron chi connectivity index (χ0n) is 7.65. The molecule has 0 saturated carbocycles. The Morgan fingerprint density at radius 2 is 1.00 bits per heavy atom. The predicted molar refractivity (Wildman–Crippen MR) is 50.2 cm³/mol. The highest BCUT2D eigenvalue weighted by Crippen LogP contribution is 2.33. The lowest BCUT2D eigenvalue weighted by atomic mass is 9.72. The summed E-state index contributed by atoms with van der Waals surface area (Å²) >= 11 is 0. The van der Waals surface area contributed by atoms with Gasteiger partial charge >= 0.3 is 0 Å². The second-order valence-electron chi connectivity index (χ2n) is 4.13. The molecule has 0 aliphatic heterocycles. The molecule has 0 aliphatic carbocycles. The van der Waals surface area contributed by atoms with Gasteiger partial charge in [0.25, 0.3) is 0 Å². The molecule has 0 aromatic heterocycles. The summed E-state index contributed by atoms with van der Waals surface area (Å²) in [5, 5.41) is 0. The van der Waals surface area contributed by atoms with Gasteiger partial charge in [0.1, 0.15) is 0 Å². The molecule has 0 atom stereocenters. The van der Waals surface area contributed by atoms with E-state index in [1.807, 2.05) is 0 Å². The van der Waals surface area contributed by atoms with E-state index >= 15 is 0 Å². The van der Waals surface area contributed by atoms with Crippen molar-refractivity contribution < 1.29 is 0 Å². The van der Waals surface area contributed by atoms with Crippen LogP contribution in [0, 0.1) is 17.3 Å². The average Bonchev–Trinajstić information content (AvgIpc) is 1.65. The molecule has 0 spiro atoms. The highest BCUT2D eigenvalue weighted by atomic mass is 14.3. The van der Waals surface area contributed by atoms with E-state index in [2.05, 4.69) is 41.5 Å². The van der Waals surface area contributed by atoms with Crippen molar-refractivity contribution >= 4 is 0 Å². The Morgan fingerprint density at radius 3 is 1.00 bits per heavy atom. The van der Waals surface area contributed by atoms with Crippen LogP contribution in [0.3, 0.4) is 0 Å². The Balaban J connectivity index is 0. The van der Waals surface area contributed by atoms with Crippen molar-refractivity contribution in [3.05, 3.63) is 0 Å². The highest BCUT2D eigenvalue weighted by Gasteiger charge is 2.25. The van der Waals surface area contributed by atoms with E-state index in [9.17, 15) is 0 Å². The van der Waals surface area contributed by atoms with Gasteiger partial charge in [-0.3, -0.25) is 0 Å². The SMILES string of the molecule is C.CC(C)C(C)(C)C(C)C. The van der Waals surface area contributed by atoms with Gasteiger partial charge in [-0.15, -0.1) is 0 Å². The zero-order chi connectivity index (χ0) is 7.65. The first-order chi connectivity index (χ1) is 3.89. The van der Waals surface area contributed by atoms with Crippen LogP contribution in [-0.2, 0) is 0 Å². The third kappa shape index (κ3) is 2.72. The van der Waals surface area contributed by atoms with Gasteiger partial charge in [-0.1, -0.05) is 49.0 Å². The minimum absolute atomic E-state index is 0. The van der Waals surface area contributed by atoms with E-state index in [-0.39, 0.29) is 7.43 Å². The molecule has 0 heterocycles. The third-order valence-corrected chi connectivity index (χ3v) is 2.98. The van der Waals surface area contributed by atoms with E-state index in [1.165, 1.54) is 0 Å². The van der Waals surface area contributed by atoms with Gasteiger partial charge < -0.3 is 0 Å². The highest BCUT2D eigenvalue weighted by molar-refractivity contribution is 4.75. The van der Waals surface area contributed by atoms with Crippen molar-refractivity contribution in [3.63, 3.8) is 0 Å². The molecule has 0 nitrogen and oxygen atoms in total. The molecule has 0 radical (unpaired) electrons. The second-order valence-corrected chi connectivity index (χ2v) is 4.13. The van der Waals surface area contributed by atoms with E-state index < -0.39 is 0 Å². The van der Waals surface area contributed by atoms with E-state index in [4.69, 9.17) is 0 Å².